The first kappa shape index (κ1) is 20.2. The molecule has 6 nitrogen and oxygen atoms in total. The van der Waals surface area contributed by atoms with Gasteiger partial charge in [0.1, 0.15) is 11.9 Å². The van der Waals surface area contributed by atoms with Gasteiger partial charge in [-0.1, -0.05) is 24.3 Å². The van der Waals surface area contributed by atoms with Crippen LogP contribution in [0.5, 0.6) is 0 Å². The molecule has 0 radical (unpaired) electrons. The topological polar surface area (TPSA) is 93.8 Å². The van der Waals surface area contributed by atoms with Gasteiger partial charge in [0.2, 0.25) is 5.91 Å². The van der Waals surface area contributed by atoms with Crippen molar-refractivity contribution < 1.29 is 18.0 Å². The lowest BCUT2D eigenvalue weighted by Gasteiger charge is -2.11. The number of amides is 1. The van der Waals surface area contributed by atoms with E-state index in [1.807, 2.05) is 24.3 Å². The first-order valence-corrected chi connectivity index (χ1v) is 8.73. The predicted octanol–water partition coefficient (Wildman–Crippen LogP) is 3.43. The molecule has 2 heterocycles. The van der Waals surface area contributed by atoms with Crippen molar-refractivity contribution in [3.63, 3.8) is 0 Å². The molecule has 29 heavy (non-hydrogen) atoms. The molecule has 150 valence electrons. The molecular weight excluding hydrogens is 383 g/mol. The summed E-state index contributed by atoms with van der Waals surface area (Å²) in [7, 11) is 0. The highest BCUT2D eigenvalue weighted by atomic mass is 19.4. The van der Waals surface area contributed by atoms with E-state index in [1.165, 1.54) is 6.07 Å². The fraction of sp³-hybridized carbons (Fsp3) is 0.200. The minimum Gasteiger partial charge on any atom is -0.368 e. The number of hydrogen-bond donors (Lipinski definition) is 2. The molecule has 3 rings (SSSR count). The molecule has 1 atom stereocenters. The molecule has 0 bridgehead atoms. The van der Waals surface area contributed by atoms with Crippen molar-refractivity contribution in [1.29, 1.82) is 0 Å². The molecule has 0 saturated heterocycles. The minimum absolute atomic E-state index is 0.400. The van der Waals surface area contributed by atoms with Crippen molar-refractivity contribution in [3.05, 3.63) is 71.7 Å². The van der Waals surface area contributed by atoms with E-state index < -0.39 is 23.7 Å². The van der Waals surface area contributed by atoms with Crippen LogP contribution < -0.4 is 11.1 Å². The van der Waals surface area contributed by atoms with Crippen LogP contribution in [-0.2, 0) is 17.4 Å². The third-order valence-electron chi connectivity index (χ3n) is 4.20. The van der Waals surface area contributed by atoms with E-state index in [-0.39, 0.29) is 0 Å². The number of aromatic nitrogens is 3. The summed E-state index contributed by atoms with van der Waals surface area (Å²) in [5, 5.41) is 2.90. The maximum Gasteiger partial charge on any atom is 0.417 e. The number of hydrogen-bond acceptors (Lipinski definition) is 5. The van der Waals surface area contributed by atoms with Crippen molar-refractivity contribution in [2.24, 2.45) is 5.73 Å². The lowest BCUT2D eigenvalue weighted by molar-refractivity contribution is -0.137. The second-order valence-corrected chi connectivity index (χ2v) is 6.44. The van der Waals surface area contributed by atoms with Gasteiger partial charge in [-0.3, -0.25) is 9.78 Å². The van der Waals surface area contributed by atoms with Crippen LogP contribution in [0.4, 0.5) is 19.0 Å². The van der Waals surface area contributed by atoms with Crippen molar-refractivity contribution in [3.8, 4) is 11.4 Å². The van der Waals surface area contributed by atoms with Crippen LogP contribution in [0, 0.1) is 0 Å². The molecule has 1 aromatic carbocycles. The molecule has 1 amide bonds. The third-order valence-corrected chi connectivity index (χ3v) is 4.20. The number of nitrogens with one attached hydrogen (secondary N) is 1. The number of primary amides is 1. The Morgan fingerprint density at radius 2 is 1.83 bits per heavy atom. The maximum absolute atomic E-state index is 12.6. The zero-order valence-electron chi connectivity index (χ0n) is 15.4. The minimum atomic E-state index is -4.40. The Kier molecular flexibility index (Phi) is 5.76. The second-order valence-electron chi connectivity index (χ2n) is 6.44. The van der Waals surface area contributed by atoms with Crippen molar-refractivity contribution in [2.45, 2.75) is 25.6 Å². The van der Waals surface area contributed by atoms with Crippen LogP contribution in [-0.4, -0.2) is 26.9 Å². The summed E-state index contributed by atoms with van der Waals surface area (Å²) in [6, 6.07) is 10.8. The van der Waals surface area contributed by atoms with Crippen molar-refractivity contribution >= 4 is 11.7 Å². The summed E-state index contributed by atoms with van der Waals surface area (Å²) in [4.78, 5) is 23.6. The zero-order valence-corrected chi connectivity index (χ0v) is 15.4. The Morgan fingerprint density at radius 1 is 1.10 bits per heavy atom. The number of halogens is 3. The molecule has 0 spiro atoms. The van der Waals surface area contributed by atoms with E-state index in [2.05, 4.69) is 20.3 Å². The smallest absolute Gasteiger partial charge is 0.368 e. The number of rotatable bonds is 6. The van der Waals surface area contributed by atoms with Gasteiger partial charge in [0, 0.05) is 30.1 Å². The number of nitrogens with zero attached hydrogens (tertiary/aromatic N) is 3. The molecule has 0 aliphatic rings. The second kappa shape index (κ2) is 8.26. The quantitative estimate of drug-likeness (QED) is 0.660. The van der Waals surface area contributed by atoms with Crippen molar-refractivity contribution in [1.82, 2.24) is 15.0 Å². The van der Waals surface area contributed by atoms with Crippen molar-refractivity contribution in [2.75, 3.05) is 5.32 Å². The summed E-state index contributed by atoms with van der Waals surface area (Å²) in [6.45, 7) is 1.63. The molecule has 0 saturated carbocycles. The van der Waals surface area contributed by atoms with E-state index in [9.17, 15) is 18.0 Å². The summed E-state index contributed by atoms with van der Waals surface area (Å²) < 4.78 is 37.8. The lowest BCUT2D eigenvalue weighted by atomic mass is 10.1. The average Bonchev–Trinajstić information content (AvgIpc) is 2.68. The summed E-state index contributed by atoms with van der Waals surface area (Å²) in [5.74, 6) is 0.441. The summed E-state index contributed by atoms with van der Waals surface area (Å²) >= 11 is 0. The highest BCUT2D eigenvalue weighted by molar-refractivity contribution is 5.82. The Balaban J connectivity index is 1.71. The fourth-order valence-electron chi connectivity index (χ4n) is 2.55. The van der Waals surface area contributed by atoms with Gasteiger partial charge in [0.15, 0.2) is 5.82 Å². The van der Waals surface area contributed by atoms with E-state index >= 15 is 0 Å². The third kappa shape index (κ3) is 5.28. The Hall–Kier alpha value is -3.49. The number of carbonyl (C=O) groups is 1. The van der Waals surface area contributed by atoms with Gasteiger partial charge in [-0.15, -0.1) is 0 Å². The van der Waals surface area contributed by atoms with Crippen LogP contribution in [0.3, 0.4) is 0 Å². The number of anilines is 1. The zero-order chi connectivity index (χ0) is 21.0. The standard InChI is InChI=1S/C20H18F3N5O/c1-12(18(24)29)27-17-8-9-25-19(28-17)14-4-2-13(3-5-14)10-16-7-6-15(11-26-16)20(21,22)23/h2-9,11-12H,10H2,1H3,(H2,24,29)(H,25,27,28)/t12-/m0/s1. The monoisotopic (exact) mass is 401 g/mol. The van der Waals surface area contributed by atoms with Gasteiger partial charge in [-0.25, -0.2) is 9.97 Å². The van der Waals surface area contributed by atoms with Crippen LogP contribution >= 0.6 is 0 Å². The van der Waals surface area contributed by atoms with E-state index in [0.717, 1.165) is 23.4 Å². The number of nitrogens with two attached hydrogens (primary N) is 1. The predicted molar refractivity (Wildman–Crippen MR) is 102 cm³/mol. The largest absolute Gasteiger partial charge is 0.417 e. The fourth-order valence-corrected chi connectivity index (χ4v) is 2.55. The Morgan fingerprint density at radius 3 is 2.41 bits per heavy atom. The van der Waals surface area contributed by atoms with Gasteiger partial charge in [-0.05, 0) is 30.7 Å². The number of benzene rings is 1. The highest BCUT2D eigenvalue weighted by Gasteiger charge is 2.30. The normalized spacial score (nSPS) is 12.4. The first-order valence-electron chi connectivity index (χ1n) is 8.73. The molecule has 0 aliphatic heterocycles. The van der Waals surface area contributed by atoms with E-state index in [4.69, 9.17) is 5.73 Å². The maximum atomic E-state index is 12.6. The number of pyridine rings is 1. The SMILES string of the molecule is C[C@H](Nc1ccnc(-c2ccc(Cc3ccc(C(F)(F)F)cn3)cc2)n1)C(N)=O. The number of carbonyl (C=O) groups excluding carboxylic acids is 1. The van der Waals surface area contributed by atoms with Crippen LogP contribution in [0.1, 0.15) is 23.7 Å². The van der Waals surface area contributed by atoms with Gasteiger partial charge in [0.25, 0.3) is 0 Å². The molecule has 9 heteroatoms. The first-order chi connectivity index (χ1) is 13.7. The number of alkyl halides is 3. The van der Waals surface area contributed by atoms with Gasteiger partial charge in [-0.2, -0.15) is 13.2 Å². The molecule has 0 aliphatic carbocycles. The molecule has 2 aromatic heterocycles. The van der Waals surface area contributed by atoms with Crippen LogP contribution in [0.15, 0.2) is 54.9 Å². The summed E-state index contributed by atoms with van der Waals surface area (Å²) in [6.07, 6.45) is -1.59. The molecule has 3 N–H and O–H groups in total. The van der Waals surface area contributed by atoms with Crippen LogP contribution in [0.25, 0.3) is 11.4 Å². The Bertz CT molecular complexity index is 988. The molecule has 0 fully saturated rings. The average molecular weight is 401 g/mol. The van der Waals surface area contributed by atoms with Gasteiger partial charge < -0.3 is 11.1 Å². The van der Waals surface area contributed by atoms with Gasteiger partial charge in [0.05, 0.1) is 5.56 Å². The lowest BCUT2D eigenvalue weighted by Crippen LogP contribution is -2.32. The van der Waals surface area contributed by atoms with E-state index in [1.54, 1.807) is 19.2 Å². The Labute approximate surface area is 165 Å². The molecule has 0 unspecified atom stereocenters. The molecule has 3 aromatic rings. The summed E-state index contributed by atoms with van der Waals surface area (Å²) in [5.41, 5.74) is 6.64. The highest BCUT2D eigenvalue weighted by Crippen LogP contribution is 2.28. The van der Waals surface area contributed by atoms with E-state index in [0.29, 0.717) is 23.8 Å². The molecular formula is C20H18F3N5O. The van der Waals surface area contributed by atoms with Crippen LogP contribution in [0.2, 0.25) is 0 Å². The van der Waals surface area contributed by atoms with Gasteiger partial charge >= 0.3 is 6.18 Å².